The molecule has 2 N–H and O–H groups in total. The fourth-order valence-corrected chi connectivity index (χ4v) is 6.01. The minimum Gasteiger partial charge on any atom is -0.343 e. The summed E-state index contributed by atoms with van der Waals surface area (Å²) in [6.07, 6.45) is 3.98. The highest BCUT2D eigenvalue weighted by Gasteiger charge is 2.53. The molecule has 1 saturated heterocycles. The van der Waals surface area contributed by atoms with Crippen LogP contribution in [0, 0.1) is 11.3 Å². The highest BCUT2D eigenvalue weighted by atomic mass is 32.1. The SMILES string of the molecule is CCc1ccc(C(NC(=O)CN2C(=O)NC3(CCC(C(C)(C)C)CC3)C2=O)c2cccs2)cc1. The second kappa shape index (κ2) is 9.53. The number of rotatable bonds is 6. The van der Waals surface area contributed by atoms with Crippen molar-refractivity contribution < 1.29 is 14.4 Å². The molecule has 34 heavy (non-hydrogen) atoms. The summed E-state index contributed by atoms with van der Waals surface area (Å²) in [7, 11) is 0. The number of nitrogens with zero attached hydrogens (tertiary/aromatic N) is 1. The summed E-state index contributed by atoms with van der Waals surface area (Å²) in [5.74, 6) is -0.0901. The number of imide groups is 1. The van der Waals surface area contributed by atoms with Gasteiger partial charge in [0.1, 0.15) is 12.1 Å². The van der Waals surface area contributed by atoms with Gasteiger partial charge in [0, 0.05) is 4.88 Å². The number of nitrogens with one attached hydrogen (secondary N) is 2. The van der Waals surface area contributed by atoms with Gasteiger partial charge in [0.25, 0.3) is 5.91 Å². The molecule has 1 unspecified atom stereocenters. The van der Waals surface area contributed by atoms with E-state index in [2.05, 4.69) is 50.5 Å². The molecule has 2 heterocycles. The van der Waals surface area contributed by atoms with E-state index in [0.29, 0.717) is 18.8 Å². The second-order valence-electron chi connectivity index (χ2n) is 10.7. The summed E-state index contributed by atoms with van der Waals surface area (Å²) in [6.45, 7) is 8.50. The zero-order valence-corrected chi connectivity index (χ0v) is 21.3. The Labute approximate surface area is 206 Å². The minimum absolute atomic E-state index is 0.180. The number of aryl methyl sites for hydroxylation is 1. The van der Waals surface area contributed by atoms with Crippen molar-refractivity contribution in [2.24, 2.45) is 11.3 Å². The fraction of sp³-hybridized carbons (Fsp3) is 0.519. The van der Waals surface area contributed by atoms with E-state index >= 15 is 0 Å². The van der Waals surface area contributed by atoms with Crippen molar-refractivity contribution in [3.63, 3.8) is 0 Å². The lowest BCUT2D eigenvalue weighted by molar-refractivity contribution is -0.136. The van der Waals surface area contributed by atoms with Gasteiger partial charge in [0.15, 0.2) is 0 Å². The predicted molar refractivity (Wildman–Crippen MR) is 135 cm³/mol. The van der Waals surface area contributed by atoms with Crippen molar-refractivity contribution in [1.29, 1.82) is 0 Å². The van der Waals surface area contributed by atoms with Gasteiger partial charge in [0.05, 0.1) is 6.04 Å². The monoisotopic (exact) mass is 481 g/mol. The van der Waals surface area contributed by atoms with Crippen molar-refractivity contribution in [3.8, 4) is 0 Å². The Morgan fingerprint density at radius 3 is 2.41 bits per heavy atom. The molecule has 6 nitrogen and oxygen atoms in total. The molecule has 4 rings (SSSR count). The van der Waals surface area contributed by atoms with Crippen LogP contribution in [0.25, 0.3) is 0 Å². The van der Waals surface area contributed by atoms with Crippen molar-refractivity contribution >= 4 is 29.2 Å². The Balaban J connectivity index is 1.45. The molecular weight excluding hydrogens is 446 g/mol. The Morgan fingerprint density at radius 2 is 1.85 bits per heavy atom. The topological polar surface area (TPSA) is 78.5 Å². The van der Waals surface area contributed by atoms with Crippen molar-refractivity contribution in [1.82, 2.24) is 15.5 Å². The molecule has 1 saturated carbocycles. The molecule has 2 fully saturated rings. The average molecular weight is 482 g/mol. The maximum atomic E-state index is 13.3. The number of hydrogen-bond donors (Lipinski definition) is 2. The van der Waals surface area contributed by atoms with Crippen LogP contribution in [0.3, 0.4) is 0 Å². The van der Waals surface area contributed by atoms with Crippen LogP contribution in [0.15, 0.2) is 41.8 Å². The standard InChI is InChI=1S/C27H35N3O3S/c1-5-18-8-10-19(11-9-18)23(21-7-6-16-34-21)28-22(31)17-30-24(32)27(29-25(30)33)14-12-20(13-15-27)26(2,3)4/h6-11,16,20,23H,5,12-15,17H2,1-4H3,(H,28,31)(H,29,33). The molecule has 1 aliphatic heterocycles. The molecule has 1 aromatic heterocycles. The third kappa shape index (κ3) is 4.90. The molecule has 1 aliphatic carbocycles. The summed E-state index contributed by atoms with van der Waals surface area (Å²) in [4.78, 5) is 41.2. The van der Waals surface area contributed by atoms with Gasteiger partial charge in [-0.1, -0.05) is 58.0 Å². The first kappa shape index (κ1) is 24.5. The minimum atomic E-state index is -0.859. The van der Waals surface area contributed by atoms with E-state index in [1.165, 1.54) is 5.56 Å². The normalized spacial score (nSPS) is 23.8. The molecule has 0 radical (unpaired) electrons. The number of amides is 4. The summed E-state index contributed by atoms with van der Waals surface area (Å²) in [6, 6.07) is 11.3. The lowest BCUT2D eigenvalue weighted by atomic mass is 9.67. The van der Waals surface area contributed by atoms with Crippen LogP contribution < -0.4 is 10.6 Å². The summed E-state index contributed by atoms with van der Waals surface area (Å²) in [5.41, 5.74) is 1.52. The van der Waals surface area contributed by atoms with Crippen molar-refractivity contribution in [3.05, 3.63) is 57.8 Å². The smallest absolute Gasteiger partial charge is 0.325 e. The Bertz CT molecular complexity index is 1030. The summed E-state index contributed by atoms with van der Waals surface area (Å²) in [5, 5.41) is 7.96. The Hall–Kier alpha value is -2.67. The van der Waals surface area contributed by atoms with Gasteiger partial charge in [-0.15, -0.1) is 11.3 Å². The third-order valence-electron chi connectivity index (χ3n) is 7.47. The first-order valence-electron chi connectivity index (χ1n) is 12.2. The van der Waals surface area contributed by atoms with Gasteiger partial charge in [-0.25, -0.2) is 4.79 Å². The quantitative estimate of drug-likeness (QED) is 0.567. The van der Waals surface area contributed by atoms with Crippen LogP contribution in [-0.2, 0) is 16.0 Å². The van der Waals surface area contributed by atoms with E-state index in [1.807, 2.05) is 29.6 Å². The molecule has 1 atom stereocenters. The maximum Gasteiger partial charge on any atom is 0.325 e. The summed E-state index contributed by atoms with van der Waals surface area (Å²) < 4.78 is 0. The number of thiophene rings is 1. The number of benzene rings is 1. The zero-order valence-electron chi connectivity index (χ0n) is 20.5. The molecular formula is C27H35N3O3S. The van der Waals surface area contributed by atoms with E-state index in [9.17, 15) is 14.4 Å². The van der Waals surface area contributed by atoms with Crippen molar-refractivity contribution in [2.45, 2.75) is 71.4 Å². The lowest BCUT2D eigenvalue weighted by Crippen LogP contribution is -2.51. The van der Waals surface area contributed by atoms with Gasteiger partial charge in [-0.05, 0) is 66.0 Å². The first-order chi connectivity index (χ1) is 16.1. The highest BCUT2D eigenvalue weighted by Crippen LogP contribution is 2.43. The Kier molecular flexibility index (Phi) is 6.85. The summed E-state index contributed by atoms with van der Waals surface area (Å²) >= 11 is 1.57. The van der Waals surface area contributed by atoms with Gasteiger partial charge >= 0.3 is 6.03 Å². The van der Waals surface area contributed by atoms with E-state index in [0.717, 1.165) is 34.6 Å². The zero-order chi connectivity index (χ0) is 24.5. The molecule has 0 bridgehead atoms. The van der Waals surface area contributed by atoms with E-state index in [1.54, 1.807) is 11.3 Å². The average Bonchev–Trinajstić information content (AvgIpc) is 3.41. The van der Waals surface area contributed by atoms with Crippen LogP contribution >= 0.6 is 11.3 Å². The van der Waals surface area contributed by atoms with Crippen LogP contribution in [0.5, 0.6) is 0 Å². The van der Waals surface area contributed by atoms with Crippen LogP contribution in [0.1, 0.15) is 75.4 Å². The van der Waals surface area contributed by atoms with Crippen LogP contribution in [0.2, 0.25) is 0 Å². The lowest BCUT2D eigenvalue weighted by Gasteiger charge is -2.40. The molecule has 182 valence electrons. The molecule has 2 aliphatic rings. The number of carbonyl (C=O) groups excluding carboxylic acids is 3. The maximum absolute atomic E-state index is 13.3. The van der Waals surface area contributed by atoms with Gasteiger partial charge in [0.2, 0.25) is 5.91 Å². The third-order valence-corrected chi connectivity index (χ3v) is 8.40. The molecule has 2 aromatic rings. The van der Waals surface area contributed by atoms with Crippen LogP contribution in [0.4, 0.5) is 4.79 Å². The largest absolute Gasteiger partial charge is 0.343 e. The van der Waals surface area contributed by atoms with E-state index < -0.39 is 11.6 Å². The number of hydrogen-bond acceptors (Lipinski definition) is 4. The highest BCUT2D eigenvalue weighted by molar-refractivity contribution is 7.10. The molecule has 7 heteroatoms. The van der Waals surface area contributed by atoms with E-state index in [-0.39, 0.29) is 29.8 Å². The number of carbonyl (C=O) groups is 3. The van der Waals surface area contributed by atoms with Crippen molar-refractivity contribution in [2.75, 3.05) is 6.54 Å². The Morgan fingerprint density at radius 1 is 1.18 bits per heavy atom. The van der Waals surface area contributed by atoms with Crippen LogP contribution in [-0.4, -0.2) is 34.8 Å². The predicted octanol–water partition coefficient (Wildman–Crippen LogP) is 5.04. The fourth-order valence-electron chi connectivity index (χ4n) is 5.21. The van der Waals surface area contributed by atoms with E-state index in [4.69, 9.17) is 0 Å². The van der Waals surface area contributed by atoms with Gasteiger partial charge < -0.3 is 10.6 Å². The molecule has 1 spiro atoms. The van der Waals surface area contributed by atoms with Gasteiger partial charge in [-0.3, -0.25) is 14.5 Å². The molecule has 4 amide bonds. The molecule has 1 aromatic carbocycles. The second-order valence-corrected chi connectivity index (χ2v) is 11.6. The van der Waals surface area contributed by atoms with Gasteiger partial charge in [-0.2, -0.15) is 0 Å². The first-order valence-corrected chi connectivity index (χ1v) is 13.1. The number of urea groups is 1.